The quantitative estimate of drug-likeness (QED) is 0.699. The zero-order valence-electron chi connectivity index (χ0n) is 16.0. The third-order valence-electron chi connectivity index (χ3n) is 4.91. The molecule has 1 fully saturated rings. The number of anilines is 1. The molecule has 0 aliphatic carbocycles. The first kappa shape index (κ1) is 20.5. The minimum Gasteiger partial charge on any atom is -0.308 e. The van der Waals surface area contributed by atoms with Gasteiger partial charge in [0.2, 0.25) is 10.0 Å². The number of nitrogens with zero attached hydrogens (tertiary/aromatic N) is 2. The second-order valence-corrected chi connectivity index (χ2v) is 8.81. The highest BCUT2D eigenvalue weighted by Gasteiger charge is 2.31. The number of rotatable bonds is 7. The van der Waals surface area contributed by atoms with Crippen molar-refractivity contribution in [2.75, 3.05) is 24.5 Å². The second kappa shape index (κ2) is 8.84. The summed E-state index contributed by atoms with van der Waals surface area (Å²) in [6, 6.07) is 12.8. The number of para-hydroxylation sites is 1. The van der Waals surface area contributed by atoms with Crippen molar-refractivity contribution in [3.05, 3.63) is 59.9 Å². The van der Waals surface area contributed by atoms with Crippen molar-refractivity contribution in [2.45, 2.75) is 37.5 Å². The average molecular weight is 405 g/mol. The summed E-state index contributed by atoms with van der Waals surface area (Å²) in [6.45, 7) is 3.30. The van der Waals surface area contributed by atoms with Crippen LogP contribution in [0.1, 0.15) is 43.0 Å². The zero-order chi connectivity index (χ0) is 20.1. The Morgan fingerprint density at radius 1 is 1.11 bits per heavy atom. The number of carbonyl (C=O) groups excluding carboxylic acids is 1. The van der Waals surface area contributed by atoms with Crippen LogP contribution in [0.3, 0.4) is 0 Å². The summed E-state index contributed by atoms with van der Waals surface area (Å²) in [5.41, 5.74) is 0.897. The monoisotopic (exact) mass is 404 g/mol. The van der Waals surface area contributed by atoms with Gasteiger partial charge < -0.3 is 4.90 Å². The van der Waals surface area contributed by atoms with Gasteiger partial charge in [-0.15, -0.1) is 0 Å². The van der Waals surface area contributed by atoms with Crippen LogP contribution in [0.4, 0.5) is 10.1 Å². The van der Waals surface area contributed by atoms with Crippen LogP contribution in [0.25, 0.3) is 0 Å². The lowest BCUT2D eigenvalue weighted by Gasteiger charge is -2.23. The van der Waals surface area contributed by atoms with E-state index in [4.69, 9.17) is 0 Å². The molecule has 2 aromatic carbocycles. The minimum absolute atomic E-state index is 0.166. The molecule has 0 unspecified atom stereocenters. The van der Waals surface area contributed by atoms with E-state index in [0.717, 1.165) is 37.4 Å². The predicted octanol–water partition coefficient (Wildman–Crippen LogP) is 4.06. The molecule has 1 aliphatic rings. The van der Waals surface area contributed by atoms with Gasteiger partial charge in [-0.1, -0.05) is 31.5 Å². The topological polar surface area (TPSA) is 57.7 Å². The number of carbonyl (C=O) groups is 1. The first-order valence-electron chi connectivity index (χ1n) is 9.61. The maximum atomic E-state index is 14.4. The van der Waals surface area contributed by atoms with Gasteiger partial charge in [0, 0.05) is 30.9 Å². The van der Waals surface area contributed by atoms with E-state index >= 15 is 0 Å². The first-order valence-corrected chi connectivity index (χ1v) is 11.1. The van der Waals surface area contributed by atoms with Crippen molar-refractivity contribution >= 4 is 21.6 Å². The molecule has 0 spiro atoms. The third-order valence-corrected chi connectivity index (χ3v) is 6.82. The van der Waals surface area contributed by atoms with Crippen LogP contribution in [0.2, 0.25) is 0 Å². The van der Waals surface area contributed by atoms with E-state index < -0.39 is 20.7 Å². The molecule has 1 amide bonds. The average Bonchev–Trinajstić information content (AvgIpc) is 3.25. The van der Waals surface area contributed by atoms with Gasteiger partial charge in [-0.2, -0.15) is 4.31 Å². The Morgan fingerprint density at radius 2 is 1.79 bits per heavy atom. The van der Waals surface area contributed by atoms with Gasteiger partial charge in [0.1, 0.15) is 10.7 Å². The van der Waals surface area contributed by atoms with Gasteiger partial charge >= 0.3 is 0 Å². The predicted molar refractivity (Wildman–Crippen MR) is 107 cm³/mol. The van der Waals surface area contributed by atoms with Crippen LogP contribution in [0, 0.1) is 5.82 Å². The molecule has 2 aromatic rings. The summed E-state index contributed by atoms with van der Waals surface area (Å²) in [6.07, 6.45) is 3.24. The molecule has 1 aliphatic heterocycles. The van der Waals surface area contributed by atoms with Crippen molar-refractivity contribution in [3.8, 4) is 0 Å². The molecule has 0 aromatic heterocycles. The van der Waals surface area contributed by atoms with E-state index in [1.54, 1.807) is 4.90 Å². The Kier molecular flexibility index (Phi) is 6.46. The standard InChI is InChI=1S/C21H25FN2O3S/c1-2-3-15-24(18-9-5-4-6-10-18)21(25)17-11-12-19(22)20(16-17)28(26,27)23-13-7-8-14-23/h4-6,9-12,16H,2-3,7-8,13-15H2,1H3. The number of hydrogen-bond donors (Lipinski definition) is 0. The fraction of sp³-hybridized carbons (Fsp3) is 0.381. The Balaban J connectivity index is 1.96. The molecule has 0 bridgehead atoms. The van der Waals surface area contributed by atoms with Gasteiger partial charge in [-0.25, -0.2) is 12.8 Å². The van der Waals surface area contributed by atoms with Crippen molar-refractivity contribution in [2.24, 2.45) is 0 Å². The van der Waals surface area contributed by atoms with Gasteiger partial charge in [-0.05, 0) is 49.6 Å². The lowest BCUT2D eigenvalue weighted by Crippen LogP contribution is -2.33. The van der Waals surface area contributed by atoms with Crippen LogP contribution in [0.15, 0.2) is 53.4 Å². The highest BCUT2D eigenvalue weighted by Crippen LogP contribution is 2.26. The fourth-order valence-electron chi connectivity index (χ4n) is 3.33. The fourth-order valence-corrected chi connectivity index (χ4v) is 4.94. The minimum atomic E-state index is -3.95. The Bertz CT molecular complexity index is 926. The van der Waals surface area contributed by atoms with Crippen LogP contribution in [0.5, 0.6) is 0 Å². The van der Waals surface area contributed by atoms with Crippen LogP contribution < -0.4 is 4.90 Å². The molecule has 0 radical (unpaired) electrons. The van der Waals surface area contributed by atoms with E-state index in [1.807, 2.05) is 37.3 Å². The summed E-state index contributed by atoms with van der Waals surface area (Å²) in [5.74, 6) is -1.17. The summed E-state index contributed by atoms with van der Waals surface area (Å²) < 4.78 is 41.3. The second-order valence-electron chi connectivity index (χ2n) is 6.90. The molecular weight excluding hydrogens is 379 g/mol. The largest absolute Gasteiger partial charge is 0.308 e. The zero-order valence-corrected chi connectivity index (χ0v) is 16.8. The van der Waals surface area contributed by atoms with Crippen molar-refractivity contribution in [3.63, 3.8) is 0 Å². The van der Waals surface area contributed by atoms with Crippen molar-refractivity contribution in [1.82, 2.24) is 4.31 Å². The summed E-state index contributed by atoms with van der Waals surface area (Å²) in [5, 5.41) is 0. The molecule has 7 heteroatoms. The number of hydrogen-bond acceptors (Lipinski definition) is 3. The Hall–Kier alpha value is -2.25. The molecular formula is C21H25FN2O3S. The van der Waals surface area contributed by atoms with Crippen molar-refractivity contribution < 1.29 is 17.6 Å². The molecule has 150 valence electrons. The Morgan fingerprint density at radius 3 is 2.43 bits per heavy atom. The lowest BCUT2D eigenvalue weighted by molar-refractivity contribution is 0.0986. The molecule has 1 heterocycles. The summed E-state index contributed by atoms with van der Waals surface area (Å²) >= 11 is 0. The number of unbranched alkanes of at least 4 members (excludes halogenated alkanes) is 1. The van der Waals surface area contributed by atoms with Crippen LogP contribution in [-0.2, 0) is 10.0 Å². The van der Waals surface area contributed by atoms with Crippen LogP contribution >= 0.6 is 0 Å². The molecule has 0 atom stereocenters. The molecule has 5 nitrogen and oxygen atoms in total. The van der Waals surface area contributed by atoms with Gasteiger partial charge in [0.15, 0.2) is 0 Å². The third kappa shape index (κ3) is 4.25. The van der Waals surface area contributed by atoms with E-state index in [-0.39, 0.29) is 11.5 Å². The highest BCUT2D eigenvalue weighted by atomic mass is 32.2. The number of sulfonamides is 1. The van der Waals surface area contributed by atoms with Gasteiger partial charge in [-0.3, -0.25) is 4.79 Å². The van der Waals surface area contributed by atoms with Gasteiger partial charge in [0.25, 0.3) is 5.91 Å². The highest BCUT2D eigenvalue weighted by molar-refractivity contribution is 7.89. The maximum Gasteiger partial charge on any atom is 0.258 e. The first-order chi connectivity index (χ1) is 13.4. The summed E-state index contributed by atoms with van der Waals surface area (Å²) in [4.78, 5) is 14.3. The van der Waals surface area contributed by atoms with E-state index in [2.05, 4.69) is 0 Å². The molecule has 28 heavy (non-hydrogen) atoms. The van der Waals surface area contributed by atoms with E-state index in [1.165, 1.54) is 16.4 Å². The lowest BCUT2D eigenvalue weighted by atomic mass is 10.1. The van der Waals surface area contributed by atoms with Crippen LogP contribution in [-0.4, -0.2) is 38.3 Å². The molecule has 3 rings (SSSR count). The Labute approximate surface area is 165 Å². The molecule has 0 saturated carbocycles. The van der Waals surface area contributed by atoms with E-state index in [0.29, 0.717) is 19.6 Å². The molecule has 0 N–H and O–H groups in total. The normalized spacial score (nSPS) is 14.9. The maximum absolute atomic E-state index is 14.4. The van der Waals surface area contributed by atoms with Gasteiger partial charge in [0.05, 0.1) is 0 Å². The number of benzene rings is 2. The SMILES string of the molecule is CCCCN(C(=O)c1ccc(F)c(S(=O)(=O)N2CCCC2)c1)c1ccccc1. The van der Waals surface area contributed by atoms with E-state index in [9.17, 15) is 17.6 Å². The summed E-state index contributed by atoms with van der Waals surface area (Å²) in [7, 11) is -3.95. The number of halogens is 1. The smallest absolute Gasteiger partial charge is 0.258 e. The number of amides is 1. The molecule has 1 saturated heterocycles. The van der Waals surface area contributed by atoms with Crippen molar-refractivity contribution in [1.29, 1.82) is 0 Å².